The zero-order valence-corrected chi connectivity index (χ0v) is 9.80. The molecule has 0 aliphatic heterocycles. The highest BCUT2D eigenvalue weighted by molar-refractivity contribution is 4.74. The zero-order chi connectivity index (χ0) is 12.0. The second-order valence-electron chi connectivity index (χ2n) is 4.51. The highest BCUT2D eigenvalue weighted by Gasteiger charge is 2.23. The van der Waals surface area contributed by atoms with Gasteiger partial charge in [0.15, 0.2) is 0 Å². The average molecular weight is 220 g/mol. The van der Waals surface area contributed by atoms with Crippen LogP contribution in [0.3, 0.4) is 0 Å². The van der Waals surface area contributed by atoms with Gasteiger partial charge in [-0.1, -0.05) is 13.8 Å². The van der Waals surface area contributed by atoms with E-state index in [1.165, 1.54) is 0 Å². The molecule has 0 amide bonds. The fourth-order valence-electron chi connectivity index (χ4n) is 1.33. The molecule has 0 fully saturated rings. The summed E-state index contributed by atoms with van der Waals surface area (Å²) in [5.41, 5.74) is 0. The summed E-state index contributed by atoms with van der Waals surface area (Å²) in [5, 5.41) is 37.2. The van der Waals surface area contributed by atoms with E-state index in [2.05, 4.69) is 0 Å². The molecule has 0 rings (SSSR count). The van der Waals surface area contributed by atoms with Crippen LogP contribution < -0.4 is 0 Å². The van der Waals surface area contributed by atoms with Gasteiger partial charge in [-0.2, -0.15) is 0 Å². The van der Waals surface area contributed by atoms with E-state index < -0.39 is 18.3 Å². The summed E-state index contributed by atoms with van der Waals surface area (Å²) in [5.74, 6) is -0.210. The second kappa shape index (κ2) is 7.17. The zero-order valence-electron chi connectivity index (χ0n) is 9.80. The van der Waals surface area contributed by atoms with Crippen LogP contribution >= 0.6 is 0 Å². The lowest BCUT2D eigenvalue weighted by molar-refractivity contribution is -0.0342. The number of hydrogen-bond donors (Lipinski definition) is 4. The topological polar surface area (TPSA) is 80.9 Å². The first-order valence-corrected chi connectivity index (χ1v) is 5.55. The molecule has 5 atom stereocenters. The average Bonchev–Trinajstić information content (AvgIpc) is 2.22. The first-order valence-electron chi connectivity index (χ1n) is 5.55. The quantitative estimate of drug-likeness (QED) is 0.492. The Bertz CT molecular complexity index is 161. The van der Waals surface area contributed by atoms with E-state index >= 15 is 0 Å². The molecule has 0 aliphatic carbocycles. The lowest BCUT2D eigenvalue weighted by Gasteiger charge is -2.24. The Kier molecular flexibility index (Phi) is 7.09. The van der Waals surface area contributed by atoms with Gasteiger partial charge in [0.1, 0.15) is 0 Å². The van der Waals surface area contributed by atoms with Crippen molar-refractivity contribution in [3.05, 3.63) is 0 Å². The molecular weight excluding hydrogens is 196 g/mol. The molecule has 0 bridgehead atoms. The number of aliphatic hydroxyl groups is 4. The molecule has 0 aliphatic rings. The summed E-state index contributed by atoms with van der Waals surface area (Å²) in [6, 6.07) is 0. The first kappa shape index (κ1) is 14.8. The molecule has 0 aromatic carbocycles. The molecule has 5 unspecified atom stereocenters. The first-order chi connectivity index (χ1) is 6.90. The smallest absolute Gasteiger partial charge is 0.0846 e. The Morgan fingerprint density at radius 2 is 1.40 bits per heavy atom. The highest BCUT2D eigenvalue weighted by Crippen LogP contribution is 2.16. The molecule has 0 aromatic heterocycles. The third kappa shape index (κ3) is 5.47. The van der Waals surface area contributed by atoms with Crippen molar-refractivity contribution in [2.75, 3.05) is 6.61 Å². The summed E-state index contributed by atoms with van der Waals surface area (Å²) in [7, 11) is 0. The maximum Gasteiger partial charge on any atom is 0.0846 e. The molecule has 0 aromatic rings. The van der Waals surface area contributed by atoms with Crippen molar-refractivity contribution in [3.8, 4) is 0 Å². The van der Waals surface area contributed by atoms with Crippen molar-refractivity contribution < 1.29 is 20.4 Å². The highest BCUT2D eigenvalue weighted by atomic mass is 16.3. The molecule has 0 radical (unpaired) electrons. The Morgan fingerprint density at radius 3 is 1.80 bits per heavy atom. The minimum absolute atomic E-state index is 0.108. The van der Waals surface area contributed by atoms with E-state index in [1.807, 2.05) is 6.92 Å². The van der Waals surface area contributed by atoms with E-state index in [0.717, 1.165) is 0 Å². The van der Waals surface area contributed by atoms with Crippen molar-refractivity contribution in [2.24, 2.45) is 11.8 Å². The monoisotopic (exact) mass is 220 g/mol. The van der Waals surface area contributed by atoms with Crippen molar-refractivity contribution in [1.82, 2.24) is 0 Å². The third-order valence-corrected chi connectivity index (χ3v) is 3.01. The fourth-order valence-corrected chi connectivity index (χ4v) is 1.33. The van der Waals surface area contributed by atoms with Gasteiger partial charge in [0.2, 0.25) is 0 Å². The maximum atomic E-state index is 9.61. The SMILES string of the molecule is CC(O)C(C)CCC(O)C(O)C(C)CO. The van der Waals surface area contributed by atoms with E-state index in [4.69, 9.17) is 5.11 Å². The Hall–Kier alpha value is -0.160. The van der Waals surface area contributed by atoms with Crippen molar-refractivity contribution in [1.29, 1.82) is 0 Å². The molecule has 0 saturated carbocycles. The predicted molar refractivity (Wildman–Crippen MR) is 58.3 cm³/mol. The van der Waals surface area contributed by atoms with Crippen LogP contribution in [-0.2, 0) is 0 Å². The largest absolute Gasteiger partial charge is 0.396 e. The van der Waals surface area contributed by atoms with Gasteiger partial charge in [-0.3, -0.25) is 0 Å². The van der Waals surface area contributed by atoms with Crippen LogP contribution in [0.25, 0.3) is 0 Å². The predicted octanol–water partition coefficient (Wildman–Crippen LogP) is 0.134. The van der Waals surface area contributed by atoms with Crippen LogP contribution in [0.15, 0.2) is 0 Å². The molecule has 15 heavy (non-hydrogen) atoms. The van der Waals surface area contributed by atoms with Gasteiger partial charge < -0.3 is 20.4 Å². The summed E-state index contributed by atoms with van der Waals surface area (Å²) in [6.07, 6.45) is -1.01. The van der Waals surface area contributed by atoms with Gasteiger partial charge in [-0.15, -0.1) is 0 Å². The van der Waals surface area contributed by atoms with E-state index in [-0.39, 0.29) is 18.4 Å². The van der Waals surface area contributed by atoms with Crippen LogP contribution in [-0.4, -0.2) is 45.3 Å². The standard InChI is InChI=1S/C11H24O4/c1-7(9(3)13)4-5-10(14)11(15)8(2)6-12/h7-15H,4-6H2,1-3H3. The molecule has 4 heteroatoms. The fraction of sp³-hybridized carbons (Fsp3) is 1.00. The van der Waals surface area contributed by atoms with Crippen molar-refractivity contribution >= 4 is 0 Å². The maximum absolute atomic E-state index is 9.61. The molecule has 4 N–H and O–H groups in total. The van der Waals surface area contributed by atoms with Crippen LogP contribution in [0.1, 0.15) is 33.6 Å². The molecule has 92 valence electrons. The summed E-state index contributed by atoms with van der Waals surface area (Å²) in [6.45, 7) is 5.17. The minimum Gasteiger partial charge on any atom is -0.396 e. The van der Waals surface area contributed by atoms with Gasteiger partial charge in [-0.25, -0.2) is 0 Å². The van der Waals surface area contributed by atoms with Crippen molar-refractivity contribution in [2.45, 2.75) is 51.9 Å². The van der Waals surface area contributed by atoms with Gasteiger partial charge >= 0.3 is 0 Å². The van der Waals surface area contributed by atoms with Crippen molar-refractivity contribution in [3.63, 3.8) is 0 Å². The van der Waals surface area contributed by atoms with Crippen LogP contribution in [0.2, 0.25) is 0 Å². The van der Waals surface area contributed by atoms with Crippen LogP contribution in [0.5, 0.6) is 0 Å². The summed E-state index contributed by atoms with van der Waals surface area (Å²) in [4.78, 5) is 0. The Balaban J connectivity index is 3.87. The van der Waals surface area contributed by atoms with Gasteiger partial charge in [0.25, 0.3) is 0 Å². The number of aliphatic hydroxyl groups excluding tert-OH is 4. The normalized spacial score (nSPS) is 21.8. The Morgan fingerprint density at radius 1 is 0.867 bits per heavy atom. The lowest BCUT2D eigenvalue weighted by atomic mass is 9.93. The summed E-state index contributed by atoms with van der Waals surface area (Å²) >= 11 is 0. The molecular formula is C11H24O4. The van der Waals surface area contributed by atoms with E-state index in [0.29, 0.717) is 12.8 Å². The van der Waals surface area contributed by atoms with Gasteiger partial charge in [-0.05, 0) is 25.7 Å². The van der Waals surface area contributed by atoms with Crippen LogP contribution in [0, 0.1) is 11.8 Å². The lowest BCUT2D eigenvalue weighted by Crippen LogP contribution is -2.34. The molecule has 4 nitrogen and oxygen atoms in total. The third-order valence-electron chi connectivity index (χ3n) is 3.01. The summed E-state index contributed by atoms with van der Waals surface area (Å²) < 4.78 is 0. The Labute approximate surface area is 91.6 Å². The molecule has 0 spiro atoms. The molecule has 0 heterocycles. The van der Waals surface area contributed by atoms with Gasteiger partial charge in [0, 0.05) is 12.5 Å². The van der Waals surface area contributed by atoms with E-state index in [9.17, 15) is 15.3 Å². The molecule has 0 saturated heterocycles. The number of hydrogen-bond acceptors (Lipinski definition) is 4. The van der Waals surface area contributed by atoms with E-state index in [1.54, 1.807) is 13.8 Å². The second-order valence-corrected chi connectivity index (χ2v) is 4.51. The van der Waals surface area contributed by atoms with Gasteiger partial charge in [0.05, 0.1) is 18.3 Å². The van der Waals surface area contributed by atoms with Crippen LogP contribution in [0.4, 0.5) is 0 Å². The number of rotatable bonds is 7. The minimum atomic E-state index is -0.892.